The normalized spacial score (nSPS) is 23.6. The van der Waals surface area contributed by atoms with Gasteiger partial charge in [0.15, 0.2) is 0 Å². The molecule has 1 aliphatic rings. The summed E-state index contributed by atoms with van der Waals surface area (Å²) in [4.78, 5) is 29.0. The minimum atomic E-state index is -0.957. The molecule has 3 unspecified atom stereocenters. The highest BCUT2D eigenvalue weighted by molar-refractivity contribution is 7.09. The van der Waals surface area contributed by atoms with Gasteiger partial charge in [-0.3, -0.25) is 9.59 Å². The summed E-state index contributed by atoms with van der Waals surface area (Å²) in [6, 6.07) is -0.700. The van der Waals surface area contributed by atoms with Crippen molar-refractivity contribution in [1.29, 1.82) is 0 Å². The molecule has 0 spiro atoms. The number of hydrogen-bond acceptors (Lipinski definition) is 6. The molecule has 0 aromatic carbocycles. The van der Waals surface area contributed by atoms with Crippen LogP contribution in [-0.4, -0.2) is 53.2 Å². The summed E-state index contributed by atoms with van der Waals surface area (Å²) in [6.07, 6.45) is 0. The number of ether oxygens (including phenoxy) is 1. The molecule has 1 aromatic rings. The number of thiazole rings is 1. The lowest BCUT2D eigenvalue weighted by atomic mass is 10.0. The zero-order valence-electron chi connectivity index (χ0n) is 11.3. The summed E-state index contributed by atoms with van der Waals surface area (Å²) < 4.78 is 5.17. The minimum Gasteiger partial charge on any atom is -0.481 e. The zero-order valence-corrected chi connectivity index (χ0v) is 12.1. The predicted octanol–water partition coefficient (Wildman–Crippen LogP) is 0.334. The van der Waals surface area contributed by atoms with Crippen LogP contribution in [0.1, 0.15) is 28.5 Å². The monoisotopic (exact) mass is 299 g/mol. The second kappa shape index (κ2) is 5.86. The van der Waals surface area contributed by atoms with Gasteiger partial charge in [0.05, 0.1) is 25.3 Å². The average molecular weight is 299 g/mol. The van der Waals surface area contributed by atoms with E-state index in [0.717, 1.165) is 0 Å². The lowest BCUT2D eigenvalue weighted by molar-refractivity contribution is -0.142. The molecule has 8 heteroatoms. The van der Waals surface area contributed by atoms with Gasteiger partial charge in [-0.15, -0.1) is 11.3 Å². The van der Waals surface area contributed by atoms with E-state index in [1.54, 1.807) is 19.4 Å². The van der Waals surface area contributed by atoms with E-state index in [0.29, 0.717) is 10.7 Å². The number of amides is 1. The van der Waals surface area contributed by atoms with Crippen LogP contribution in [0.15, 0.2) is 5.38 Å². The first-order valence-corrected chi connectivity index (χ1v) is 7.08. The zero-order chi connectivity index (χ0) is 14.9. The molecule has 2 heterocycles. The van der Waals surface area contributed by atoms with E-state index in [-0.39, 0.29) is 25.2 Å². The van der Waals surface area contributed by atoms with Crippen LogP contribution in [0.4, 0.5) is 0 Å². The van der Waals surface area contributed by atoms with Gasteiger partial charge >= 0.3 is 5.97 Å². The van der Waals surface area contributed by atoms with Gasteiger partial charge in [0.2, 0.25) is 0 Å². The van der Waals surface area contributed by atoms with Crippen LogP contribution in [0.25, 0.3) is 0 Å². The van der Waals surface area contributed by atoms with Gasteiger partial charge in [0.1, 0.15) is 16.6 Å². The number of rotatable bonds is 4. The first-order valence-electron chi connectivity index (χ1n) is 6.20. The highest BCUT2D eigenvalue weighted by atomic mass is 32.1. The smallest absolute Gasteiger partial charge is 0.311 e. The Morgan fingerprint density at radius 2 is 2.30 bits per heavy atom. The van der Waals surface area contributed by atoms with Crippen molar-refractivity contribution in [2.75, 3.05) is 20.3 Å². The maximum atomic E-state index is 12.3. The molecule has 0 saturated carbocycles. The number of hydrogen-bond donors (Lipinski definition) is 2. The highest BCUT2D eigenvalue weighted by Crippen LogP contribution is 2.22. The molecule has 3 N–H and O–H groups in total. The van der Waals surface area contributed by atoms with Crippen LogP contribution in [0.3, 0.4) is 0 Å². The van der Waals surface area contributed by atoms with Crippen LogP contribution >= 0.6 is 11.3 Å². The van der Waals surface area contributed by atoms with Gasteiger partial charge in [-0.2, -0.15) is 0 Å². The van der Waals surface area contributed by atoms with Gasteiger partial charge in [-0.1, -0.05) is 0 Å². The maximum absolute atomic E-state index is 12.3. The van der Waals surface area contributed by atoms with Gasteiger partial charge in [0, 0.05) is 12.4 Å². The number of carbonyl (C=O) groups is 2. The molecular formula is C12H17N3O4S. The summed E-state index contributed by atoms with van der Waals surface area (Å²) in [6.45, 7) is 2.14. The van der Waals surface area contributed by atoms with Crippen LogP contribution in [0, 0.1) is 5.92 Å². The molecule has 1 aliphatic heterocycles. The minimum absolute atomic E-state index is 0.125. The molecule has 20 heavy (non-hydrogen) atoms. The molecule has 0 aliphatic carbocycles. The van der Waals surface area contributed by atoms with E-state index in [2.05, 4.69) is 4.98 Å². The molecule has 0 bridgehead atoms. The van der Waals surface area contributed by atoms with Gasteiger partial charge in [-0.25, -0.2) is 4.98 Å². The lowest BCUT2D eigenvalue weighted by Gasteiger charge is -2.25. The van der Waals surface area contributed by atoms with Crippen molar-refractivity contribution in [2.24, 2.45) is 11.7 Å². The first kappa shape index (κ1) is 14.9. The van der Waals surface area contributed by atoms with E-state index in [9.17, 15) is 9.59 Å². The van der Waals surface area contributed by atoms with E-state index >= 15 is 0 Å². The number of likely N-dealkylation sites (N-methyl/N-ethyl adjacent to an activating group) is 1. The molecule has 1 aromatic heterocycles. The van der Waals surface area contributed by atoms with Crippen LogP contribution < -0.4 is 5.73 Å². The number of aliphatic carboxylic acids is 1. The standard InChI is InChI=1S/C12H17N3O4S/c1-6(13)10-14-8(5-20-10)11(16)15(2)9-4-19-3-7(9)12(17)18/h5-7,9H,3-4,13H2,1-2H3,(H,17,18). The Bertz CT molecular complexity index is 517. The Morgan fingerprint density at radius 3 is 2.85 bits per heavy atom. The largest absolute Gasteiger partial charge is 0.481 e. The number of carbonyl (C=O) groups excluding carboxylic acids is 1. The second-order valence-electron chi connectivity index (χ2n) is 4.83. The van der Waals surface area contributed by atoms with Crippen molar-refractivity contribution in [3.05, 3.63) is 16.1 Å². The van der Waals surface area contributed by atoms with Crippen molar-refractivity contribution < 1.29 is 19.4 Å². The molecule has 2 rings (SSSR count). The Balaban J connectivity index is 2.13. The van der Waals surface area contributed by atoms with E-state index in [4.69, 9.17) is 15.6 Å². The maximum Gasteiger partial charge on any atom is 0.311 e. The molecule has 7 nitrogen and oxygen atoms in total. The average Bonchev–Trinajstić information content (AvgIpc) is 3.05. The van der Waals surface area contributed by atoms with Crippen molar-refractivity contribution in [3.63, 3.8) is 0 Å². The van der Waals surface area contributed by atoms with Crippen molar-refractivity contribution in [2.45, 2.75) is 19.0 Å². The Labute approximate surface area is 120 Å². The van der Waals surface area contributed by atoms with Crippen LogP contribution in [0.2, 0.25) is 0 Å². The SMILES string of the molecule is CC(N)c1nc(C(=O)N(C)C2COCC2C(=O)O)cs1. The van der Waals surface area contributed by atoms with Crippen molar-refractivity contribution >= 4 is 23.2 Å². The van der Waals surface area contributed by atoms with E-state index in [1.165, 1.54) is 16.2 Å². The lowest BCUT2D eigenvalue weighted by Crippen LogP contribution is -2.44. The fraction of sp³-hybridized carbons (Fsp3) is 0.583. The van der Waals surface area contributed by atoms with E-state index in [1.807, 2.05) is 0 Å². The summed E-state index contributed by atoms with van der Waals surface area (Å²) in [7, 11) is 1.57. The first-order chi connectivity index (χ1) is 9.41. The molecule has 110 valence electrons. The summed E-state index contributed by atoms with van der Waals surface area (Å²) >= 11 is 1.32. The molecule has 1 fully saturated rings. The quantitative estimate of drug-likeness (QED) is 0.830. The van der Waals surface area contributed by atoms with Gasteiger partial charge in [-0.05, 0) is 6.92 Å². The summed E-state index contributed by atoms with van der Waals surface area (Å²) in [5, 5.41) is 11.4. The fourth-order valence-electron chi connectivity index (χ4n) is 2.09. The number of carboxylic acids is 1. The predicted molar refractivity (Wildman–Crippen MR) is 72.5 cm³/mol. The third-order valence-electron chi connectivity index (χ3n) is 3.32. The van der Waals surface area contributed by atoms with Gasteiger partial charge < -0.3 is 20.5 Å². The second-order valence-corrected chi connectivity index (χ2v) is 5.71. The summed E-state index contributed by atoms with van der Waals surface area (Å²) in [5.74, 6) is -1.97. The number of nitrogens with zero attached hydrogens (tertiary/aromatic N) is 2. The topological polar surface area (TPSA) is 106 Å². The molecular weight excluding hydrogens is 282 g/mol. The van der Waals surface area contributed by atoms with E-state index < -0.39 is 17.9 Å². The van der Waals surface area contributed by atoms with Crippen LogP contribution in [0.5, 0.6) is 0 Å². The van der Waals surface area contributed by atoms with Gasteiger partial charge in [0.25, 0.3) is 5.91 Å². The molecule has 0 radical (unpaired) electrons. The molecule has 1 saturated heterocycles. The van der Waals surface area contributed by atoms with Crippen molar-refractivity contribution in [1.82, 2.24) is 9.88 Å². The fourth-order valence-corrected chi connectivity index (χ4v) is 2.84. The number of nitrogens with two attached hydrogens (primary N) is 1. The third-order valence-corrected chi connectivity index (χ3v) is 4.36. The highest BCUT2D eigenvalue weighted by Gasteiger charge is 2.39. The number of carboxylic acid groups (broad SMARTS) is 1. The third kappa shape index (κ3) is 2.82. The Hall–Kier alpha value is -1.51. The Morgan fingerprint density at radius 1 is 1.60 bits per heavy atom. The molecule has 3 atom stereocenters. The van der Waals surface area contributed by atoms with Crippen molar-refractivity contribution in [3.8, 4) is 0 Å². The molecule has 1 amide bonds. The summed E-state index contributed by atoms with van der Waals surface area (Å²) in [5.41, 5.74) is 6.00. The number of aromatic nitrogens is 1. The Kier molecular flexibility index (Phi) is 4.36. The van der Waals surface area contributed by atoms with Crippen LogP contribution in [-0.2, 0) is 9.53 Å².